The maximum Gasteiger partial charge on any atom is 0.258 e. The summed E-state index contributed by atoms with van der Waals surface area (Å²) in [6.07, 6.45) is 1.23. The number of carbonyl (C=O) groups excluding carboxylic acids is 2. The second-order valence-electron chi connectivity index (χ2n) is 7.55. The van der Waals surface area contributed by atoms with Gasteiger partial charge in [-0.15, -0.1) is 0 Å². The largest absolute Gasteiger partial charge is 0.345 e. The molecule has 0 saturated heterocycles. The van der Waals surface area contributed by atoms with Crippen molar-refractivity contribution in [1.82, 2.24) is 4.90 Å². The third-order valence-corrected chi connectivity index (χ3v) is 5.09. The van der Waals surface area contributed by atoms with Crippen molar-refractivity contribution >= 4 is 17.5 Å². The van der Waals surface area contributed by atoms with Gasteiger partial charge in [-0.1, -0.05) is 55.5 Å². The van der Waals surface area contributed by atoms with Gasteiger partial charge in [0.2, 0.25) is 5.91 Å². The molecule has 3 aromatic rings. The van der Waals surface area contributed by atoms with Crippen molar-refractivity contribution in [2.24, 2.45) is 0 Å². The van der Waals surface area contributed by atoms with E-state index in [1.807, 2.05) is 61.5 Å². The molecule has 0 spiro atoms. The second-order valence-corrected chi connectivity index (χ2v) is 7.55. The number of hydrogen-bond acceptors (Lipinski definition) is 2. The van der Waals surface area contributed by atoms with Crippen LogP contribution in [0.15, 0.2) is 78.9 Å². The SMILES string of the molecule is CCCN(C)C(=O)Cc1ccc(N(Cc2ccccc2)C(=O)c2cccc(F)c2)cc1. The summed E-state index contributed by atoms with van der Waals surface area (Å²) >= 11 is 0. The van der Waals surface area contributed by atoms with E-state index in [0.717, 1.165) is 24.1 Å². The number of likely N-dealkylation sites (N-methyl/N-ethyl adjacent to an activating group) is 1. The first-order valence-electron chi connectivity index (χ1n) is 10.4. The predicted octanol–water partition coefficient (Wildman–Crippen LogP) is 5.08. The molecule has 0 aliphatic rings. The zero-order valence-electron chi connectivity index (χ0n) is 17.9. The van der Waals surface area contributed by atoms with Gasteiger partial charge < -0.3 is 9.80 Å². The molecule has 4 nitrogen and oxygen atoms in total. The molecule has 2 amide bonds. The van der Waals surface area contributed by atoms with E-state index in [2.05, 4.69) is 0 Å². The Balaban J connectivity index is 1.85. The minimum atomic E-state index is -0.449. The minimum absolute atomic E-state index is 0.0616. The maximum absolute atomic E-state index is 13.7. The summed E-state index contributed by atoms with van der Waals surface area (Å²) < 4.78 is 13.7. The molecule has 0 radical (unpaired) electrons. The van der Waals surface area contributed by atoms with Crippen LogP contribution in [0.5, 0.6) is 0 Å². The molecule has 3 aromatic carbocycles. The van der Waals surface area contributed by atoms with Crippen LogP contribution >= 0.6 is 0 Å². The lowest BCUT2D eigenvalue weighted by Gasteiger charge is -2.24. The Kier molecular flexibility index (Phi) is 7.55. The highest BCUT2D eigenvalue weighted by Crippen LogP contribution is 2.22. The van der Waals surface area contributed by atoms with Crippen LogP contribution in [0, 0.1) is 5.82 Å². The van der Waals surface area contributed by atoms with Gasteiger partial charge in [0, 0.05) is 24.8 Å². The van der Waals surface area contributed by atoms with Gasteiger partial charge in [-0.05, 0) is 47.9 Å². The number of halogens is 1. The topological polar surface area (TPSA) is 40.6 Å². The van der Waals surface area contributed by atoms with Gasteiger partial charge in [-0.25, -0.2) is 4.39 Å². The molecule has 5 heteroatoms. The van der Waals surface area contributed by atoms with E-state index in [1.54, 1.807) is 22.9 Å². The average molecular weight is 419 g/mol. The van der Waals surface area contributed by atoms with E-state index in [4.69, 9.17) is 0 Å². The summed E-state index contributed by atoms with van der Waals surface area (Å²) in [6.45, 7) is 3.12. The van der Waals surface area contributed by atoms with Gasteiger partial charge >= 0.3 is 0 Å². The minimum Gasteiger partial charge on any atom is -0.345 e. The lowest BCUT2D eigenvalue weighted by atomic mass is 10.1. The first kappa shape index (κ1) is 22.2. The van der Waals surface area contributed by atoms with Crippen LogP contribution in [0.3, 0.4) is 0 Å². The smallest absolute Gasteiger partial charge is 0.258 e. The summed E-state index contributed by atoms with van der Waals surface area (Å²) in [7, 11) is 1.81. The van der Waals surface area contributed by atoms with E-state index in [0.29, 0.717) is 18.7 Å². The summed E-state index contributed by atoms with van der Waals surface area (Å²) in [6, 6.07) is 22.8. The molecule has 0 unspecified atom stereocenters. The van der Waals surface area contributed by atoms with Crippen LogP contribution in [-0.2, 0) is 17.8 Å². The number of anilines is 1. The van der Waals surface area contributed by atoms with Crippen molar-refractivity contribution in [2.45, 2.75) is 26.3 Å². The first-order valence-corrected chi connectivity index (χ1v) is 10.4. The summed E-state index contributed by atoms with van der Waals surface area (Å²) in [5.74, 6) is -0.669. The van der Waals surface area contributed by atoms with Crippen molar-refractivity contribution in [3.63, 3.8) is 0 Å². The van der Waals surface area contributed by atoms with Crippen LogP contribution in [-0.4, -0.2) is 30.3 Å². The fourth-order valence-corrected chi connectivity index (χ4v) is 3.39. The molecule has 160 valence electrons. The van der Waals surface area contributed by atoms with Gasteiger partial charge in [0.05, 0.1) is 13.0 Å². The standard InChI is InChI=1S/C26H27FN2O2/c1-3-16-28(2)25(30)17-20-12-14-24(15-13-20)29(19-21-8-5-4-6-9-21)26(31)22-10-7-11-23(27)18-22/h4-15,18H,3,16-17,19H2,1-2H3. The van der Waals surface area contributed by atoms with Gasteiger partial charge in [0.15, 0.2) is 0 Å². The molecule has 0 N–H and O–H groups in total. The number of amides is 2. The van der Waals surface area contributed by atoms with Gasteiger partial charge in [0.25, 0.3) is 5.91 Å². The third-order valence-electron chi connectivity index (χ3n) is 5.09. The second kappa shape index (κ2) is 10.5. The number of rotatable bonds is 8. The maximum atomic E-state index is 13.7. The van der Waals surface area contributed by atoms with Gasteiger partial charge in [-0.2, -0.15) is 0 Å². The van der Waals surface area contributed by atoms with E-state index in [-0.39, 0.29) is 17.4 Å². The summed E-state index contributed by atoms with van der Waals surface area (Å²) in [5, 5.41) is 0. The number of carbonyl (C=O) groups is 2. The number of hydrogen-bond donors (Lipinski definition) is 0. The molecule has 3 rings (SSSR count). The molecule has 0 bridgehead atoms. The quantitative estimate of drug-likeness (QED) is 0.512. The zero-order chi connectivity index (χ0) is 22.2. The van der Waals surface area contributed by atoms with Crippen LogP contribution in [0.4, 0.5) is 10.1 Å². The van der Waals surface area contributed by atoms with E-state index in [9.17, 15) is 14.0 Å². The summed E-state index contributed by atoms with van der Waals surface area (Å²) in [5.41, 5.74) is 2.83. The van der Waals surface area contributed by atoms with Gasteiger partial charge in [-0.3, -0.25) is 9.59 Å². The van der Waals surface area contributed by atoms with Crippen LogP contribution in [0.2, 0.25) is 0 Å². The number of nitrogens with zero attached hydrogens (tertiary/aromatic N) is 2. The molecule has 0 heterocycles. The average Bonchev–Trinajstić information content (AvgIpc) is 2.78. The van der Waals surface area contributed by atoms with Crippen molar-refractivity contribution in [3.8, 4) is 0 Å². The van der Waals surface area contributed by atoms with E-state index < -0.39 is 5.82 Å². The highest BCUT2D eigenvalue weighted by molar-refractivity contribution is 6.06. The Hall–Kier alpha value is -3.47. The molecule has 0 aliphatic carbocycles. The number of benzene rings is 3. The Morgan fingerprint density at radius 1 is 0.871 bits per heavy atom. The Labute approximate surface area is 182 Å². The Morgan fingerprint density at radius 3 is 2.23 bits per heavy atom. The zero-order valence-corrected chi connectivity index (χ0v) is 17.9. The molecule has 0 aliphatic heterocycles. The van der Waals surface area contributed by atoms with E-state index in [1.165, 1.54) is 18.2 Å². The predicted molar refractivity (Wildman–Crippen MR) is 121 cm³/mol. The Bertz CT molecular complexity index is 1020. The van der Waals surface area contributed by atoms with Gasteiger partial charge in [0.1, 0.15) is 5.82 Å². The van der Waals surface area contributed by atoms with Crippen LogP contribution in [0.25, 0.3) is 0 Å². The lowest BCUT2D eigenvalue weighted by Crippen LogP contribution is -2.30. The van der Waals surface area contributed by atoms with Crippen molar-refractivity contribution in [1.29, 1.82) is 0 Å². The highest BCUT2D eigenvalue weighted by Gasteiger charge is 2.19. The summed E-state index contributed by atoms with van der Waals surface area (Å²) in [4.78, 5) is 28.9. The first-order chi connectivity index (χ1) is 15.0. The highest BCUT2D eigenvalue weighted by atomic mass is 19.1. The fraction of sp³-hybridized carbons (Fsp3) is 0.231. The normalized spacial score (nSPS) is 10.5. The monoisotopic (exact) mass is 418 g/mol. The molecular weight excluding hydrogens is 391 g/mol. The van der Waals surface area contributed by atoms with E-state index >= 15 is 0 Å². The van der Waals surface area contributed by atoms with Crippen molar-refractivity contribution in [3.05, 3.63) is 101 Å². The van der Waals surface area contributed by atoms with Crippen molar-refractivity contribution in [2.75, 3.05) is 18.5 Å². The molecular formula is C26H27FN2O2. The van der Waals surface area contributed by atoms with Crippen LogP contribution in [0.1, 0.15) is 34.8 Å². The third kappa shape index (κ3) is 6.01. The Morgan fingerprint density at radius 2 is 1.58 bits per heavy atom. The molecule has 0 aromatic heterocycles. The lowest BCUT2D eigenvalue weighted by molar-refractivity contribution is -0.129. The molecule has 0 atom stereocenters. The molecule has 0 fully saturated rings. The fourth-order valence-electron chi connectivity index (χ4n) is 3.39. The van der Waals surface area contributed by atoms with Crippen molar-refractivity contribution < 1.29 is 14.0 Å². The van der Waals surface area contributed by atoms with Crippen LogP contribution < -0.4 is 4.90 Å². The molecule has 0 saturated carbocycles. The molecule has 31 heavy (non-hydrogen) atoms.